The normalized spacial score (nSPS) is 13.9. The van der Waals surface area contributed by atoms with Crippen LogP contribution in [0.5, 0.6) is 5.75 Å². The van der Waals surface area contributed by atoms with Crippen LogP contribution in [0.4, 0.5) is 5.69 Å². The molecule has 6 nitrogen and oxygen atoms in total. The molecule has 3 rings (SSSR count). The van der Waals surface area contributed by atoms with Gasteiger partial charge >= 0.3 is 0 Å². The smallest absolute Gasteiger partial charge is 0.261 e. The van der Waals surface area contributed by atoms with E-state index in [-0.39, 0.29) is 28.2 Å². The van der Waals surface area contributed by atoms with Crippen molar-refractivity contribution in [2.24, 2.45) is 0 Å². The monoisotopic (exact) mass is 462 g/mol. The maximum atomic E-state index is 12.6. The first-order valence-corrected chi connectivity index (χ1v) is 12.2. The number of nitrogens with one attached hydrogen (secondary N) is 2. The van der Waals surface area contributed by atoms with Crippen LogP contribution in [0, 0.1) is 6.92 Å². The largest absolute Gasteiger partial charge is 0.482 e. The molecule has 0 aromatic heterocycles. The van der Waals surface area contributed by atoms with Crippen LogP contribution in [0.3, 0.4) is 0 Å². The van der Waals surface area contributed by atoms with Crippen LogP contribution in [0.25, 0.3) is 0 Å². The van der Waals surface area contributed by atoms with E-state index >= 15 is 0 Å². The summed E-state index contributed by atoms with van der Waals surface area (Å²) in [6, 6.07) is 11.2. The summed E-state index contributed by atoms with van der Waals surface area (Å²) in [6.07, 6.45) is 7.80. The van der Waals surface area contributed by atoms with Gasteiger partial charge in [0.05, 0.1) is 9.92 Å². The molecule has 0 bridgehead atoms. The molecule has 0 radical (unpaired) electrons. The molecular weight excluding hydrogens is 436 g/mol. The van der Waals surface area contributed by atoms with Crippen molar-refractivity contribution in [1.29, 1.82) is 0 Å². The average molecular weight is 463 g/mol. The Morgan fingerprint density at radius 1 is 1.13 bits per heavy atom. The molecule has 2 N–H and O–H groups in total. The highest BCUT2D eigenvalue weighted by molar-refractivity contribution is 7.92. The van der Waals surface area contributed by atoms with Crippen LogP contribution in [0.15, 0.2) is 59.0 Å². The first kappa shape index (κ1) is 23.2. The van der Waals surface area contributed by atoms with Crippen LogP contribution >= 0.6 is 11.6 Å². The van der Waals surface area contributed by atoms with E-state index in [1.807, 2.05) is 19.1 Å². The van der Waals surface area contributed by atoms with Gasteiger partial charge in [-0.05, 0) is 69.4 Å². The molecular formula is C23H27ClN2O4S. The molecule has 31 heavy (non-hydrogen) atoms. The van der Waals surface area contributed by atoms with Crippen molar-refractivity contribution in [2.45, 2.75) is 43.9 Å². The second-order valence-electron chi connectivity index (χ2n) is 7.56. The number of carbonyl (C=O) groups is 1. The number of anilines is 1. The predicted octanol–water partition coefficient (Wildman–Crippen LogP) is 4.83. The van der Waals surface area contributed by atoms with E-state index in [4.69, 9.17) is 16.3 Å². The summed E-state index contributed by atoms with van der Waals surface area (Å²) in [5, 5.41) is 2.95. The van der Waals surface area contributed by atoms with Crippen LogP contribution in [0.1, 0.15) is 37.7 Å². The highest BCUT2D eigenvalue weighted by Crippen LogP contribution is 2.28. The number of allylic oxidation sites excluding steroid dienone is 1. The lowest BCUT2D eigenvalue weighted by Gasteiger charge is -2.13. The number of rotatable bonds is 9. The van der Waals surface area contributed by atoms with Crippen LogP contribution in [0.2, 0.25) is 5.02 Å². The maximum absolute atomic E-state index is 12.6. The number of benzene rings is 2. The third-order valence-electron chi connectivity index (χ3n) is 5.03. The minimum atomic E-state index is -3.79. The second kappa shape index (κ2) is 10.7. The summed E-state index contributed by atoms with van der Waals surface area (Å²) in [7, 11) is -3.79. The van der Waals surface area contributed by atoms with Crippen LogP contribution < -0.4 is 14.8 Å². The van der Waals surface area contributed by atoms with E-state index in [1.54, 1.807) is 12.1 Å². The standard InChI is InChI=1S/C23H27ClN2O4S/c1-17-7-9-19(10-8-17)26-31(28,29)20-11-12-22(21(24)15-20)30-16-23(27)25-14-13-18-5-3-2-4-6-18/h5,7-12,15,26H,2-4,6,13-14,16H2,1H3,(H,25,27). The highest BCUT2D eigenvalue weighted by Gasteiger charge is 2.17. The number of hydrogen-bond donors (Lipinski definition) is 2. The average Bonchev–Trinajstić information content (AvgIpc) is 2.75. The van der Waals surface area contributed by atoms with Crippen molar-refractivity contribution in [2.75, 3.05) is 17.9 Å². The molecule has 0 saturated carbocycles. The predicted molar refractivity (Wildman–Crippen MR) is 123 cm³/mol. The Labute approximate surface area is 188 Å². The molecule has 1 amide bonds. The van der Waals surface area contributed by atoms with Crippen molar-refractivity contribution in [1.82, 2.24) is 5.32 Å². The van der Waals surface area contributed by atoms with Gasteiger partial charge in [-0.3, -0.25) is 9.52 Å². The van der Waals surface area contributed by atoms with Gasteiger partial charge in [-0.1, -0.05) is 40.9 Å². The van der Waals surface area contributed by atoms with Crippen LogP contribution in [-0.2, 0) is 14.8 Å². The molecule has 0 unspecified atom stereocenters. The lowest BCUT2D eigenvalue weighted by atomic mass is 9.97. The van der Waals surface area contributed by atoms with Crippen molar-refractivity contribution >= 4 is 33.2 Å². The van der Waals surface area contributed by atoms with Gasteiger partial charge in [0.25, 0.3) is 15.9 Å². The molecule has 1 aliphatic carbocycles. The fourth-order valence-electron chi connectivity index (χ4n) is 3.29. The number of halogens is 1. The van der Waals surface area contributed by atoms with Crippen molar-refractivity contribution in [3.8, 4) is 5.75 Å². The fraction of sp³-hybridized carbons (Fsp3) is 0.348. The van der Waals surface area contributed by atoms with E-state index in [0.717, 1.165) is 24.8 Å². The summed E-state index contributed by atoms with van der Waals surface area (Å²) in [4.78, 5) is 12.0. The second-order valence-corrected chi connectivity index (χ2v) is 9.65. The molecule has 166 valence electrons. The third kappa shape index (κ3) is 7.01. The van der Waals surface area contributed by atoms with Gasteiger partial charge in [0.1, 0.15) is 5.75 Å². The lowest BCUT2D eigenvalue weighted by Crippen LogP contribution is -2.30. The zero-order valence-corrected chi connectivity index (χ0v) is 19.1. The van der Waals surface area contributed by atoms with Gasteiger partial charge in [-0.2, -0.15) is 0 Å². The molecule has 0 heterocycles. The van der Waals surface area contributed by atoms with Gasteiger partial charge < -0.3 is 10.1 Å². The minimum Gasteiger partial charge on any atom is -0.482 e. The minimum absolute atomic E-state index is 0.00985. The molecule has 0 saturated heterocycles. The molecule has 0 atom stereocenters. The molecule has 2 aromatic carbocycles. The summed E-state index contributed by atoms with van der Waals surface area (Å²) in [6.45, 7) is 2.31. The molecule has 2 aromatic rings. The summed E-state index contributed by atoms with van der Waals surface area (Å²) in [5.74, 6) is 0.00584. The quantitative estimate of drug-likeness (QED) is 0.522. The number of hydrogen-bond acceptors (Lipinski definition) is 4. The number of aryl methyl sites for hydroxylation is 1. The third-order valence-corrected chi connectivity index (χ3v) is 6.70. The Kier molecular flexibility index (Phi) is 7.98. The summed E-state index contributed by atoms with van der Waals surface area (Å²) < 4.78 is 33.2. The van der Waals surface area contributed by atoms with Gasteiger partial charge in [0, 0.05) is 12.2 Å². The van der Waals surface area contributed by atoms with E-state index < -0.39 is 10.0 Å². The Morgan fingerprint density at radius 3 is 2.58 bits per heavy atom. The van der Waals surface area contributed by atoms with E-state index in [1.165, 1.54) is 36.6 Å². The zero-order chi connectivity index (χ0) is 22.3. The zero-order valence-electron chi connectivity index (χ0n) is 17.5. The molecule has 0 spiro atoms. The van der Waals surface area contributed by atoms with Gasteiger partial charge in [0.15, 0.2) is 6.61 Å². The van der Waals surface area contributed by atoms with Crippen molar-refractivity contribution in [3.63, 3.8) is 0 Å². The molecule has 0 fully saturated rings. The number of carbonyl (C=O) groups excluding carboxylic acids is 1. The number of ether oxygens (including phenoxy) is 1. The van der Waals surface area contributed by atoms with E-state index in [0.29, 0.717) is 12.2 Å². The topological polar surface area (TPSA) is 84.5 Å². The van der Waals surface area contributed by atoms with Gasteiger partial charge in [-0.25, -0.2) is 8.42 Å². The molecule has 0 aliphatic heterocycles. The fourth-order valence-corrected chi connectivity index (χ4v) is 4.67. The lowest BCUT2D eigenvalue weighted by molar-refractivity contribution is -0.123. The molecule has 1 aliphatic rings. The summed E-state index contributed by atoms with van der Waals surface area (Å²) in [5.41, 5.74) is 2.89. The SMILES string of the molecule is Cc1ccc(NS(=O)(=O)c2ccc(OCC(=O)NCCC3=CCCCC3)c(Cl)c2)cc1. The van der Waals surface area contributed by atoms with E-state index in [9.17, 15) is 13.2 Å². The van der Waals surface area contributed by atoms with Crippen LogP contribution in [-0.4, -0.2) is 27.5 Å². The Morgan fingerprint density at radius 2 is 1.90 bits per heavy atom. The van der Waals surface area contributed by atoms with Crippen molar-refractivity contribution in [3.05, 3.63) is 64.7 Å². The Hall–Kier alpha value is -2.51. The first-order valence-electron chi connectivity index (χ1n) is 10.3. The molecule has 8 heteroatoms. The number of amides is 1. The summed E-state index contributed by atoms with van der Waals surface area (Å²) >= 11 is 6.19. The highest BCUT2D eigenvalue weighted by atomic mass is 35.5. The van der Waals surface area contributed by atoms with Gasteiger partial charge in [0.2, 0.25) is 0 Å². The Balaban J connectivity index is 1.52. The Bertz CT molecular complexity index is 1050. The maximum Gasteiger partial charge on any atom is 0.261 e. The van der Waals surface area contributed by atoms with Crippen molar-refractivity contribution < 1.29 is 17.9 Å². The first-order chi connectivity index (χ1) is 14.8. The van der Waals surface area contributed by atoms with E-state index in [2.05, 4.69) is 16.1 Å². The number of sulfonamides is 1. The van der Waals surface area contributed by atoms with Gasteiger partial charge in [-0.15, -0.1) is 0 Å².